The maximum absolute atomic E-state index is 6.00. The van der Waals surface area contributed by atoms with Crippen LogP contribution in [0.4, 0.5) is 0 Å². The van der Waals surface area contributed by atoms with E-state index in [1.807, 2.05) is 29.0 Å². The fourth-order valence-corrected chi connectivity index (χ4v) is 1.80. The van der Waals surface area contributed by atoms with E-state index in [1.165, 1.54) is 5.56 Å². The molecule has 1 aromatic heterocycles. The fraction of sp³-hybridized carbons (Fsp3) is 0.250. The van der Waals surface area contributed by atoms with Gasteiger partial charge in [0.15, 0.2) is 0 Å². The largest absolute Gasteiger partial charge is 0.313 e. The van der Waals surface area contributed by atoms with Gasteiger partial charge in [-0.1, -0.05) is 18.5 Å². The minimum absolute atomic E-state index is 0.761. The van der Waals surface area contributed by atoms with Crippen LogP contribution in [0.25, 0.3) is 5.69 Å². The van der Waals surface area contributed by atoms with Gasteiger partial charge in [0, 0.05) is 24.0 Å². The quantitative estimate of drug-likeness (QED) is 0.883. The van der Waals surface area contributed by atoms with E-state index in [4.69, 9.17) is 11.6 Å². The van der Waals surface area contributed by atoms with Crippen LogP contribution in [0, 0.1) is 0 Å². The Hall–Kier alpha value is -1.32. The number of nitrogens with zero attached hydrogens (tertiary/aromatic N) is 2. The summed E-state index contributed by atoms with van der Waals surface area (Å²) >= 11 is 6.00. The lowest BCUT2D eigenvalue weighted by molar-refractivity contribution is 0.722. The molecule has 1 heterocycles. The number of hydrogen-bond donors (Lipinski definition) is 1. The van der Waals surface area contributed by atoms with Gasteiger partial charge in [-0.05, 0) is 30.3 Å². The van der Waals surface area contributed by atoms with Crippen molar-refractivity contribution in [3.8, 4) is 5.69 Å². The number of halogens is 1. The SMILES string of the molecule is CCNCc1cc(Cl)ccc1-n1ccnc1. The molecule has 0 saturated carbocycles. The zero-order valence-corrected chi connectivity index (χ0v) is 9.91. The van der Waals surface area contributed by atoms with Crippen molar-refractivity contribution in [3.05, 3.63) is 47.5 Å². The zero-order valence-electron chi connectivity index (χ0n) is 9.15. The molecule has 1 aromatic carbocycles. The summed E-state index contributed by atoms with van der Waals surface area (Å²) in [6.07, 6.45) is 5.49. The third kappa shape index (κ3) is 2.43. The molecule has 2 aromatic rings. The highest BCUT2D eigenvalue weighted by molar-refractivity contribution is 6.30. The number of benzene rings is 1. The Kier molecular flexibility index (Phi) is 3.59. The Labute approximate surface area is 100 Å². The first-order valence-electron chi connectivity index (χ1n) is 5.28. The Morgan fingerprint density at radius 2 is 2.31 bits per heavy atom. The van der Waals surface area contributed by atoms with Gasteiger partial charge >= 0.3 is 0 Å². The van der Waals surface area contributed by atoms with E-state index in [9.17, 15) is 0 Å². The summed E-state index contributed by atoms with van der Waals surface area (Å²) in [5.41, 5.74) is 2.29. The van der Waals surface area contributed by atoms with E-state index in [0.717, 1.165) is 23.8 Å². The van der Waals surface area contributed by atoms with Gasteiger partial charge in [-0.15, -0.1) is 0 Å². The van der Waals surface area contributed by atoms with Crippen LogP contribution in [0.15, 0.2) is 36.9 Å². The normalized spacial score (nSPS) is 10.6. The van der Waals surface area contributed by atoms with Crippen molar-refractivity contribution in [1.29, 1.82) is 0 Å². The van der Waals surface area contributed by atoms with Crippen LogP contribution in [0.1, 0.15) is 12.5 Å². The predicted octanol–water partition coefficient (Wildman–Crippen LogP) is 2.64. The summed E-state index contributed by atoms with van der Waals surface area (Å²) in [5.74, 6) is 0. The van der Waals surface area contributed by atoms with E-state index in [0.29, 0.717) is 0 Å². The van der Waals surface area contributed by atoms with Gasteiger partial charge < -0.3 is 9.88 Å². The van der Waals surface area contributed by atoms with Crippen LogP contribution in [0.2, 0.25) is 5.02 Å². The van der Waals surface area contributed by atoms with Gasteiger partial charge in [-0.3, -0.25) is 0 Å². The summed E-state index contributed by atoms with van der Waals surface area (Å²) in [7, 11) is 0. The topological polar surface area (TPSA) is 29.9 Å². The number of nitrogens with one attached hydrogen (secondary N) is 1. The van der Waals surface area contributed by atoms with Crippen molar-refractivity contribution in [1.82, 2.24) is 14.9 Å². The molecule has 16 heavy (non-hydrogen) atoms. The number of hydrogen-bond acceptors (Lipinski definition) is 2. The van der Waals surface area contributed by atoms with Crippen LogP contribution in [-0.4, -0.2) is 16.1 Å². The van der Waals surface area contributed by atoms with E-state index >= 15 is 0 Å². The summed E-state index contributed by atoms with van der Waals surface area (Å²) in [4.78, 5) is 4.05. The molecule has 0 saturated heterocycles. The van der Waals surface area contributed by atoms with E-state index in [2.05, 4.69) is 17.2 Å². The molecule has 0 spiro atoms. The second kappa shape index (κ2) is 5.14. The van der Waals surface area contributed by atoms with Gasteiger partial charge in [0.1, 0.15) is 0 Å². The third-order valence-electron chi connectivity index (χ3n) is 2.39. The van der Waals surface area contributed by atoms with E-state index in [-0.39, 0.29) is 0 Å². The van der Waals surface area contributed by atoms with Crippen LogP contribution in [-0.2, 0) is 6.54 Å². The Bertz CT molecular complexity index is 451. The number of aromatic nitrogens is 2. The molecule has 0 fully saturated rings. The van der Waals surface area contributed by atoms with Crippen LogP contribution in [0.5, 0.6) is 0 Å². The summed E-state index contributed by atoms with van der Waals surface area (Å²) in [6, 6.07) is 5.89. The Balaban J connectivity index is 2.36. The molecule has 1 N–H and O–H groups in total. The zero-order chi connectivity index (χ0) is 11.4. The van der Waals surface area contributed by atoms with Crippen molar-refractivity contribution in [3.63, 3.8) is 0 Å². The average molecular weight is 236 g/mol. The molecule has 84 valence electrons. The van der Waals surface area contributed by atoms with Crippen molar-refractivity contribution < 1.29 is 0 Å². The minimum atomic E-state index is 0.761. The molecular weight excluding hydrogens is 222 g/mol. The molecule has 0 radical (unpaired) electrons. The molecule has 2 rings (SSSR count). The van der Waals surface area contributed by atoms with Crippen LogP contribution < -0.4 is 5.32 Å². The highest BCUT2D eigenvalue weighted by atomic mass is 35.5. The number of imidazole rings is 1. The Morgan fingerprint density at radius 3 is 3.00 bits per heavy atom. The molecule has 0 amide bonds. The molecule has 4 heteroatoms. The molecule has 0 aliphatic carbocycles. The fourth-order valence-electron chi connectivity index (χ4n) is 1.61. The summed E-state index contributed by atoms with van der Waals surface area (Å²) < 4.78 is 1.99. The second-order valence-corrected chi connectivity index (χ2v) is 3.96. The van der Waals surface area contributed by atoms with Crippen molar-refractivity contribution in [2.45, 2.75) is 13.5 Å². The molecule has 0 bridgehead atoms. The first-order chi connectivity index (χ1) is 7.81. The van der Waals surface area contributed by atoms with Gasteiger partial charge in [0.2, 0.25) is 0 Å². The monoisotopic (exact) mass is 235 g/mol. The highest BCUT2D eigenvalue weighted by Crippen LogP contribution is 2.19. The lowest BCUT2D eigenvalue weighted by Gasteiger charge is -2.11. The van der Waals surface area contributed by atoms with E-state index in [1.54, 1.807) is 12.5 Å². The third-order valence-corrected chi connectivity index (χ3v) is 2.62. The molecule has 3 nitrogen and oxygen atoms in total. The van der Waals surface area contributed by atoms with Gasteiger partial charge in [-0.25, -0.2) is 4.98 Å². The minimum Gasteiger partial charge on any atom is -0.313 e. The molecule has 0 aliphatic heterocycles. The standard InChI is InChI=1S/C12H14ClN3/c1-2-14-8-10-7-11(13)3-4-12(10)16-6-5-15-9-16/h3-7,9,14H,2,8H2,1H3. The molecular formula is C12H14ClN3. The first kappa shape index (κ1) is 11.2. The highest BCUT2D eigenvalue weighted by Gasteiger charge is 2.04. The number of rotatable bonds is 4. The maximum Gasteiger partial charge on any atom is 0.0991 e. The lowest BCUT2D eigenvalue weighted by Crippen LogP contribution is -2.13. The maximum atomic E-state index is 6.00. The van der Waals surface area contributed by atoms with Gasteiger partial charge in [0.25, 0.3) is 0 Å². The first-order valence-corrected chi connectivity index (χ1v) is 5.66. The Morgan fingerprint density at radius 1 is 1.44 bits per heavy atom. The van der Waals surface area contributed by atoms with E-state index < -0.39 is 0 Å². The smallest absolute Gasteiger partial charge is 0.0991 e. The van der Waals surface area contributed by atoms with Crippen molar-refractivity contribution in [2.75, 3.05) is 6.54 Å². The average Bonchev–Trinajstić information content (AvgIpc) is 2.80. The molecule has 0 atom stereocenters. The van der Waals surface area contributed by atoms with Gasteiger partial charge in [0.05, 0.1) is 12.0 Å². The predicted molar refractivity (Wildman–Crippen MR) is 66.0 cm³/mol. The summed E-state index contributed by atoms with van der Waals surface area (Å²) in [6.45, 7) is 3.84. The van der Waals surface area contributed by atoms with Gasteiger partial charge in [-0.2, -0.15) is 0 Å². The second-order valence-electron chi connectivity index (χ2n) is 3.52. The summed E-state index contributed by atoms with van der Waals surface area (Å²) in [5, 5.41) is 4.06. The molecule has 0 unspecified atom stereocenters. The van der Waals surface area contributed by atoms with Crippen molar-refractivity contribution in [2.24, 2.45) is 0 Å². The van der Waals surface area contributed by atoms with Crippen LogP contribution in [0.3, 0.4) is 0 Å². The van der Waals surface area contributed by atoms with Crippen molar-refractivity contribution >= 4 is 11.6 Å². The molecule has 0 aliphatic rings. The lowest BCUT2D eigenvalue weighted by atomic mass is 10.1. The van der Waals surface area contributed by atoms with Crippen LogP contribution >= 0.6 is 11.6 Å².